The van der Waals surface area contributed by atoms with Gasteiger partial charge in [0.25, 0.3) is 0 Å². The van der Waals surface area contributed by atoms with Gasteiger partial charge in [-0.25, -0.2) is 4.39 Å². The molecule has 0 aliphatic rings. The van der Waals surface area contributed by atoms with Gasteiger partial charge in [-0.3, -0.25) is 0 Å². The second-order valence-corrected chi connectivity index (χ2v) is 2.94. The van der Waals surface area contributed by atoms with Crippen LogP contribution in [0.1, 0.15) is 12.0 Å². The van der Waals surface area contributed by atoms with Crippen molar-refractivity contribution in [2.24, 2.45) is 0 Å². The van der Waals surface area contributed by atoms with Crippen LogP contribution in [0.3, 0.4) is 0 Å². The Balaban J connectivity index is 2.83. The highest BCUT2D eigenvalue weighted by Crippen LogP contribution is 2.23. The summed E-state index contributed by atoms with van der Waals surface area (Å²) < 4.78 is 23.2. The first-order valence-electron chi connectivity index (χ1n) is 4.55. The molecule has 1 aromatic carbocycles. The molecule has 0 spiro atoms. The fourth-order valence-electron chi connectivity index (χ4n) is 1.22. The minimum absolute atomic E-state index is 0.000483. The maximum Gasteiger partial charge on any atom is 0.188 e. The first kappa shape index (κ1) is 11.5. The van der Waals surface area contributed by atoms with Crippen LogP contribution in [0.4, 0.5) is 4.39 Å². The van der Waals surface area contributed by atoms with Gasteiger partial charge in [0.15, 0.2) is 18.4 Å². The lowest BCUT2D eigenvalue weighted by molar-refractivity contribution is 0.0475. The van der Waals surface area contributed by atoms with Gasteiger partial charge < -0.3 is 9.47 Å². The van der Waals surface area contributed by atoms with Crippen molar-refractivity contribution in [3.05, 3.63) is 29.6 Å². The topological polar surface area (TPSA) is 42.2 Å². The van der Waals surface area contributed by atoms with Gasteiger partial charge in [-0.15, -0.1) is 0 Å². The van der Waals surface area contributed by atoms with E-state index in [1.807, 2.05) is 6.07 Å². The van der Waals surface area contributed by atoms with E-state index in [9.17, 15) is 4.39 Å². The molecule has 0 amide bonds. The van der Waals surface area contributed by atoms with Crippen molar-refractivity contribution in [2.75, 3.05) is 13.9 Å². The highest BCUT2D eigenvalue weighted by molar-refractivity contribution is 5.35. The van der Waals surface area contributed by atoms with Crippen molar-refractivity contribution in [1.82, 2.24) is 0 Å². The molecule has 0 aromatic heterocycles. The standard InChI is InChI=1S/C11H12FNO2/c1-14-8-15-11-9(5-3-7-13)4-2-6-10(11)12/h2,4,6H,3,5,8H2,1H3. The van der Waals surface area contributed by atoms with Crippen LogP contribution >= 0.6 is 0 Å². The van der Waals surface area contributed by atoms with Crippen LogP contribution in [0.5, 0.6) is 5.75 Å². The van der Waals surface area contributed by atoms with E-state index in [-0.39, 0.29) is 12.5 Å². The van der Waals surface area contributed by atoms with E-state index in [4.69, 9.17) is 14.7 Å². The molecule has 0 saturated carbocycles. The number of hydrogen-bond acceptors (Lipinski definition) is 3. The number of aryl methyl sites for hydroxylation is 1. The molecule has 0 N–H and O–H groups in total. The molecule has 0 heterocycles. The monoisotopic (exact) mass is 209 g/mol. The van der Waals surface area contributed by atoms with Crippen molar-refractivity contribution in [2.45, 2.75) is 12.8 Å². The first-order chi connectivity index (χ1) is 7.29. The molecular formula is C11H12FNO2. The Bertz CT molecular complexity index is 360. The van der Waals surface area contributed by atoms with Gasteiger partial charge in [-0.05, 0) is 18.1 Å². The van der Waals surface area contributed by atoms with Gasteiger partial charge in [-0.1, -0.05) is 12.1 Å². The van der Waals surface area contributed by atoms with E-state index in [1.165, 1.54) is 13.2 Å². The molecule has 0 unspecified atom stereocenters. The van der Waals surface area contributed by atoms with Crippen LogP contribution in [-0.4, -0.2) is 13.9 Å². The normalized spacial score (nSPS) is 9.67. The summed E-state index contributed by atoms with van der Waals surface area (Å²) >= 11 is 0. The summed E-state index contributed by atoms with van der Waals surface area (Å²) in [5, 5.41) is 8.45. The van der Waals surface area contributed by atoms with Gasteiger partial charge in [0.1, 0.15) is 0 Å². The van der Waals surface area contributed by atoms with Crippen molar-refractivity contribution >= 4 is 0 Å². The second kappa shape index (κ2) is 5.99. The Kier molecular flexibility index (Phi) is 4.58. The minimum Gasteiger partial charge on any atom is -0.464 e. The molecule has 0 atom stereocenters. The Hall–Kier alpha value is -1.60. The van der Waals surface area contributed by atoms with Crippen LogP contribution in [0.25, 0.3) is 0 Å². The molecule has 1 aromatic rings. The summed E-state index contributed by atoms with van der Waals surface area (Å²) in [4.78, 5) is 0. The third-order valence-corrected chi connectivity index (χ3v) is 1.88. The molecule has 4 heteroatoms. The average molecular weight is 209 g/mol. The van der Waals surface area contributed by atoms with E-state index in [1.54, 1.807) is 12.1 Å². The van der Waals surface area contributed by atoms with E-state index < -0.39 is 5.82 Å². The maximum atomic E-state index is 13.3. The molecule has 0 aliphatic carbocycles. The molecule has 0 saturated heterocycles. The number of hydrogen-bond donors (Lipinski definition) is 0. The SMILES string of the molecule is COCOc1c(F)cccc1CCC#N. The fourth-order valence-corrected chi connectivity index (χ4v) is 1.22. The van der Waals surface area contributed by atoms with Crippen LogP contribution in [0.15, 0.2) is 18.2 Å². The lowest BCUT2D eigenvalue weighted by Gasteiger charge is -2.10. The summed E-state index contributed by atoms with van der Waals surface area (Å²) in [6.07, 6.45) is 0.820. The van der Waals surface area contributed by atoms with Gasteiger partial charge >= 0.3 is 0 Å². The van der Waals surface area contributed by atoms with Crippen LogP contribution < -0.4 is 4.74 Å². The van der Waals surface area contributed by atoms with Crippen LogP contribution in [-0.2, 0) is 11.2 Å². The minimum atomic E-state index is -0.428. The Morgan fingerprint density at radius 2 is 2.27 bits per heavy atom. The molecule has 15 heavy (non-hydrogen) atoms. The molecule has 0 fully saturated rings. The number of methoxy groups -OCH3 is 1. The highest BCUT2D eigenvalue weighted by atomic mass is 19.1. The average Bonchev–Trinajstić information content (AvgIpc) is 2.25. The number of para-hydroxylation sites is 1. The number of benzene rings is 1. The molecule has 80 valence electrons. The van der Waals surface area contributed by atoms with Crippen molar-refractivity contribution in [3.8, 4) is 11.8 Å². The zero-order valence-corrected chi connectivity index (χ0v) is 8.50. The number of rotatable bonds is 5. The fraction of sp³-hybridized carbons (Fsp3) is 0.364. The van der Waals surface area contributed by atoms with Gasteiger partial charge in [0.05, 0.1) is 6.07 Å². The quantitative estimate of drug-likeness (QED) is 0.698. The molecule has 0 aliphatic heterocycles. The van der Waals surface area contributed by atoms with Gasteiger partial charge in [0, 0.05) is 13.5 Å². The maximum absolute atomic E-state index is 13.3. The summed E-state index contributed by atoms with van der Waals surface area (Å²) in [7, 11) is 1.47. The summed E-state index contributed by atoms with van der Waals surface area (Å²) in [5.41, 5.74) is 0.689. The van der Waals surface area contributed by atoms with E-state index >= 15 is 0 Å². The van der Waals surface area contributed by atoms with Gasteiger partial charge in [-0.2, -0.15) is 5.26 Å². The predicted molar refractivity (Wildman–Crippen MR) is 52.8 cm³/mol. The number of nitrogens with zero attached hydrogens (tertiary/aromatic N) is 1. The molecule has 1 rings (SSSR count). The van der Waals surface area contributed by atoms with E-state index in [2.05, 4.69) is 0 Å². The number of halogens is 1. The second-order valence-electron chi connectivity index (χ2n) is 2.94. The zero-order chi connectivity index (χ0) is 11.1. The lowest BCUT2D eigenvalue weighted by atomic mass is 10.1. The molecule has 0 bridgehead atoms. The summed E-state index contributed by atoms with van der Waals surface area (Å²) in [6.45, 7) is 0.000483. The Labute approximate surface area is 88.0 Å². The largest absolute Gasteiger partial charge is 0.464 e. The Morgan fingerprint density at radius 3 is 2.93 bits per heavy atom. The Morgan fingerprint density at radius 1 is 1.47 bits per heavy atom. The first-order valence-corrected chi connectivity index (χ1v) is 4.55. The zero-order valence-electron chi connectivity index (χ0n) is 8.50. The summed E-state index contributed by atoms with van der Waals surface area (Å²) in [5.74, 6) is -0.253. The third-order valence-electron chi connectivity index (χ3n) is 1.88. The number of nitriles is 1. The highest BCUT2D eigenvalue weighted by Gasteiger charge is 2.09. The lowest BCUT2D eigenvalue weighted by Crippen LogP contribution is -2.03. The van der Waals surface area contributed by atoms with Crippen molar-refractivity contribution in [1.29, 1.82) is 5.26 Å². The van der Waals surface area contributed by atoms with Crippen molar-refractivity contribution in [3.63, 3.8) is 0 Å². The smallest absolute Gasteiger partial charge is 0.188 e. The molecular weight excluding hydrogens is 197 g/mol. The summed E-state index contributed by atoms with van der Waals surface area (Å²) in [6, 6.07) is 6.67. The van der Waals surface area contributed by atoms with Gasteiger partial charge in [0.2, 0.25) is 0 Å². The van der Waals surface area contributed by atoms with Crippen molar-refractivity contribution < 1.29 is 13.9 Å². The predicted octanol–water partition coefficient (Wildman–Crippen LogP) is 2.26. The van der Waals surface area contributed by atoms with E-state index in [0.29, 0.717) is 18.4 Å². The molecule has 3 nitrogen and oxygen atoms in total. The van der Waals surface area contributed by atoms with Crippen LogP contribution in [0.2, 0.25) is 0 Å². The van der Waals surface area contributed by atoms with Crippen LogP contribution in [0, 0.1) is 17.1 Å². The molecule has 0 radical (unpaired) electrons. The third kappa shape index (κ3) is 3.22. The van der Waals surface area contributed by atoms with E-state index in [0.717, 1.165) is 0 Å². The number of ether oxygens (including phenoxy) is 2.